The summed E-state index contributed by atoms with van der Waals surface area (Å²) in [6.45, 7) is 2.00. The number of aryl methyl sites for hydroxylation is 1. The molecule has 1 heterocycles. The Balaban J connectivity index is 2.54. The molecule has 2 N–H and O–H groups in total. The van der Waals surface area contributed by atoms with Gasteiger partial charge in [0.1, 0.15) is 0 Å². The third kappa shape index (κ3) is 1.87. The highest BCUT2D eigenvalue weighted by Gasteiger charge is 2.09. The maximum Gasteiger partial charge on any atom is 0.223 e. The van der Waals surface area contributed by atoms with Crippen molar-refractivity contribution >= 4 is 21.9 Å². The summed E-state index contributed by atoms with van der Waals surface area (Å²) >= 11 is 3.45. The predicted octanol–water partition coefficient (Wildman–Crippen LogP) is 2.17. The SMILES string of the molecule is CCc1nc(N)n(-c2ccccc2Br)n1. The summed E-state index contributed by atoms with van der Waals surface area (Å²) in [7, 11) is 0. The van der Waals surface area contributed by atoms with Crippen LogP contribution in [0, 0.1) is 0 Å². The maximum absolute atomic E-state index is 5.79. The number of anilines is 1. The van der Waals surface area contributed by atoms with E-state index in [1.807, 2.05) is 31.2 Å². The summed E-state index contributed by atoms with van der Waals surface area (Å²) in [5.41, 5.74) is 6.69. The van der Waals surface area contributed by atoms with Crippen LogP contribution in [-0.2, 0) is 6.42 Å². The summed E-state index contributed by atoms with van der Waals surface area (Å²) < 4.78 is 2.59. The van der Waals surface area contributed by atoms with Crippen LogP contribution in [0.4, 0.5) is 5.95 Å². The van der Waals surface area contributed by atoms with Crippen molar-refractivity contribution in [2.75, 3.05) is 5.73 Å². The van der Waals surface area contributed by atoms with Crippen molar-refractivity contribution in [2.45, 2.75) is 13.3 Å². The van der Waals surface area contributed by atoms with Crippen molar-refractivity contribution in [3.05, 3.63) is 34.6 Å². The molecule has 2 rings (SSSR count). The molecule has 1 aromatic heterocycles. The van der Waals surface area contributed by atoms with Gasteiger partial charge >= 0.3 is 0 Å². The predicted molar refractivity (Wildman–Crippen MR) is 62.8 cm³/mol. The zero-order valence-electron chi connectivity index (χ0n) is 8.31. The van der Waals surface area contributed by atoms with Gasteiger partial charge in [0.2, 0.25) is 5.95 Å². The molecular weight excluding hydrogens is 256 g/mol. The molecule has 0 saturated carbocycles. The lowest BCUT2D eigenvalue weighted by molar-refractivity contribution is 0.842. The van der Waals surface area contributed by atoms with Crippen LogP contribution in [0.1, 0.15) is 12.7 Å². The Morgan fingerprint density at radius 2 is 2.13 bits per heavy atom. The number of rotatable bonds is 2. The number of hydrogen-bond donors (Lipinski definition) is 1. The van der Waals surface area contributed by atoms with Gasteiger partial charge in [-0.25, -0.2) is 0 Å². The fourth-order valence-corrected chi connectivity index (χ4v) is 1.77. The van der Waals surface area contributed by atoms with Crippen molar-refractivity contribution in [1.29, 1.82) is 0 Å². The monoisotopic (exact) mass is 266 g/mol. The topological polar surface area (TPSA) is 56.7 Å². The number of aromatic nitrogens is 3. The molecule has 0 aliphatic rings. The molecule has 0 unspecified atom stereocenters. The number of nitrogens with zero attached hydrogens (tertiary/aromatic N) is 3. The second-order valence-corrected chi connectivity index (χ2v) is 3.96. The fourth-order valence-electron chi connectivity index (χ4n) is 1.32. The number of nitrogen functional groups attached to an aromatic ring is 1. The normalized spacial score (nSPS) is 10.5. The highest BCUT2D eigenvalue weighted by molar-refractivity contribution is 9.10. The summed E-state index contributed by atoms with van der Waals surface area (Å²) in [5.74, 6) is 1.17. The van der Waals surface area contributed by atoms with E-state index in [1.165, 1.54) is 0 Å². The van der Waals surface area contributed by atoms with Crippen LogP contribution in [0.15, 0.2) is 28.7 Å². The van der Waals surface area contributed by atoms with Gasteiger partial charge in [-0.15, -0.1) is 5.10 Å². The van der Waals surface area contributed by atoms with E-state index in [1.54, 1.807) is 4.68 Å². The molecule has 4 nitrogen and oxygen atoms in total. The summed E-state index contributed by atoms with van der Waals surface area (Å²) in [6.07, 6.45) is 0.779. The molecule has 0 saturated heterocycles. The lowest BCUT2D eigenvalue weighted by Gasteiger charge is -2.04. The van der Waals surface area contributed by atoms with Crippen LogP contribution in [0.25, 0.3) is 5.69 Å². The molecule has 0 amide bonds. The van der Waals surface area contributed by atoms with Gasteiger partial charge in [-0.1, -0.05) is 19.1 Å². The summed E-state index contributed by atoms with van der Waals surface area (Å²) in [5, 5.41) is 4.31. The molecular formula is C10H11BrN4. The lowest BCUT2D eigenvalue weighted by Crippen LogP contribution is -2.02. The number of benzene rings is 1. The first-order chi connectivity index (χ1) is 7.22. The van der Waals surface area contributed by atoms with E-state index in [0.717, 1.165) is 22.4 Å². The Bertz CT molecular complexity index is 478. The van der Waals surface area contributed by atoms with Gasteiger partial charge in [0, 0.05) is 10.9 Å². The minimum absolute atomic E-state index is 0.416. The third-order valence-electron chi connectivity index (χ3n) is 2.07. The van der Waals surface area contributed by atoms with E-state index in [-0.39, 0.29) is 0 Å². The van der Waals surface area contributed by atoms with Crippen LogP contribution < -0.4 is 5.73 Å². The molecule has 0 atom stereocenters. The Morgan fingerprint density at radius 1 is 1.40 bits per heavy atom. The number of para-hydroxylation sites is 1. The molecule has 0 aliphatic heterocycles. The first kappa shape index (κ1) is 10.2. The second kappa shape index (κ2) is 4.02. The van der Waals surface area contributed by atoms with E-state index >= 15 is 0 Å². The lowest BCUT2D eigenvalue weighted by atomic mass is 10.3. The Labute approximate surface area is 96.3 Å². The molecule has 0 spiro atoms. The van der Waals surface area contributed by atoms with E-state index < -0.39 is 0 Å². The van der Waals surface area contributed by atoms with E-state index in [4.69, 9.17) is 5.73 Å². The minimum Gasteiger partial charge on any atom is -0.368 e. The molecule has 0 aliphatic carbocycles. The number of nitrogens with two attached hydrogens (primary N) is 1. The molecule has 78 valence electrons. The van der Waals surface area contributed by atoms with E-state index in [0.29, 0.717) is 5.95 Å². The maximum atomic E-state index is 5.79. The first-order valence-electron chi connectivity index (χ1n) is 4.68. The average Bonchev–Trinajstić information content (AvgIpc) is 2.60. The molecule has 15 heavy (non-hydrogen) atoms. The number of halogens is 1. The molecule has 5 heteroatoms. The number of hydrogen-bond acceptors (Lipinski definition) is 3. The molecule has 0 fully saturated rings. The van der Waals surface area contributed by atoms with Crippen molar-refractivity contribution in [1.82, 2.24) is 14.8 Å². The van der Waals surface area contributed by atoms with Crippen LogP contribution in [0.2, 0.25) is 0 Å². The first-order valence-corrected chi connectivity index (χ1v) is 5.48. The summed E-state index contributed by atoms with van der Waals surface area (Å²) in [6, 6.07) is 7.77. The smallest absolute Gasteiger partial charge is 0.223 e. The minimum atomic E-state index is 0.416. The van der Waals surface area contributed by atoms with E-state index in [2.05, 4.69) is 26.0 Å². The molecule has 1 aromatic carbocycles. The fraction of sp³-hybridized carbons (Fsp3) is 0.200. The van der Waals surface area contributed by atoms with Gasteiger partial charge in [-0.2, -0.15) is 9.67 Å². The molecule has 0 radical (unpaired) electrons. The van der Waals surface area contributed by atoms with Gasteiger partial charge < -0.3 is 5.73 Å². The van der Waals surface area contributed by atoms with Gasteiger partial charge in [0.25, 0.3) is 0 Å². The highest BCUT2D eigenvalue weighted by Crippen LogP contribution is 2.21. The van der Waals surface area contributed by atoms with Crippen LogP contribution in [0.3, 0.4) is 0 Å². The van der Waals surface area contributed by atoms with Crippen molar-refractivity contribution in [3.8, 4) is 5.69 Å². The zero-order chi connectivity index (χ0) is 10.8. The Hall–Kier alpha value is -1.36. The van der Waals surface area contributed by atoms with Crippen LogP contribution >= 0.6 is 15.9 Å². The molecule has 2 aromatic rings. The van der Waals surface area contributed by atoms with Crippen LogP contribution in [0.5, 0.6) is 0 Å². The zero-order valence-corrected chi connectivity index (χ0v) is 9.90. The van der Waals surface area contributed by atoms with E-state index in [9.17, 15) is 0 Å². The van der Waals surface area contributed by atoms with Gasteiger partial charge in [0.05, 0.1) is 5.69 Å². The Kier molecular flexibility index (Phi) is 2.73. The quantitative estimate of drug-likeness (QED) is 0.907. The highest BCUT2D eigenvalue weighted by atomic mass is 79.9. The third-order valence-corrected chi connectivity index (χ3v) is 2.74. The standard InChI is InChI=1S/C10H11BrN4/c1-2-9-13-10(12)15(14-9)8-6-4-3-5-7(8)11/h3-6H,2H2,1H3,(H2,12,13,14). The largest absolute Gasteiger partial charge is 0.368 e. The van der Waals surface area contributed by atoms with Crippen molar-refractivity contribution in [3.63, 3.8) is 0 Å². The molecule has 0 bridgehead atoms. The van der Waals surface area contributed by atoms with Crippen molar-refractivity contribution in [2.24, 2.45) is 0 Å². The van der Waals surface area contributed by atoms with Gasteiger partial charge in [-0.05, 0) is 28.1 Å². The van der Waals surface area contributed by atoms with Crippen molar-refractivity contribution < 1.29 is 0 Å². The summed E-state index contributed by atoms with van der Waals surface area (Å²) in [4.78, 5) is 4.16. The van der Waals surface area contributed by atoms with Gasteiger partial charge in [-0.3, -0.25) is 0 Å². The Morgan fingerprint density at radius 3 is 2.73 bits per heavy atom. The second-order valence-electron chi connectivity index (χ2n) is 3.10. The average molecular weight is 267 g/mol. The van der Waals surface area contributed by atoms with Crippen LogP contribution in [-0.4, -0.2) is 14.8 Å². The van der Waals surface area contributed by atoms with Gasteiger partial charge in [0.15, 0.2) is 5.82 Å².